The fourth-order valence-corrected chi connectivity index (χ4v) is 6.37. The molecule has 232 valence electrons. The molecule has 7 rings (SSSR count). The van der Waals surface area contributed by atoms with E-state index in [1.165, 1.54) is 32.9 Å². The fourth-order valence-electron chi connectivity index (χ4n) is 6.09. The number of alkyl halides is 1. The first-order chi connectivity index (χ1) is 21.2. The van der Waals surface area contributed by atoms with E-state index in [0.29, 0.717) is 40.1 Å². The van der Waals surface area contributed by atoms with E-state index in [1.54, 1.807) is 36.5 Å². The predicted octanol–water partition coefficient (Wildman–Crippen LogP) is 6.26. The van der Waals surface area contributed by atoms with Crippen LogP contribution in [0.15, 0.2) is 36.5 Å². The lowest BCUT2D eigenvalue weighted by Gasteiger charge is -2.33. The number of hydrogen-bond donors (Lipinski definition) is 0. The van der Waals surface area contributed by atoms with Crippen LogP contribution in [-0.2, 0) is 0 Å². The van der Waals surface area contributed by atoms with Gasteiger partial charge in [0.15, 0.2) is 5.82 Å². The molecule has 5 heterocycles. The minimum absolute atomic E-state index is 0.0423. The molecule has 0 bridgehead atoms. The largest absolute Gasteiger partial charge is 0.467 e. The molecular weight excluding hydrogens is 591 g/mol. The van der Waals surface area contributed by atoms with Crippen molar-refractivity contribution in [3.05, 3.63) is 53.2 Å². The second kappa shape index (κ2) is 13.9. The van der Waals surface area contributed by atoms with Crippen LogP contribution in [0.4, 0.5) is 19.0 Å². The number of benzene rings is 2. The Labute approximate surface area is 260 Å². The molecule has 8 nitrogen and oxygen atoms in total. The van der Waals surface area contributed by atoms with Crippen LogP contribution in [0, 0.1) is 23.0 Å². The van der Waals surface area contributed by atoms with Crippen LogP contribution in [0.2, 0.25) is 5.02 Å². The van der Waals surface area contributed by atoms with Gasteiger partial charge in [0.2, 0.25) is 0 Å². The van der Waals surface area contributed by atoms with E-state index in [9.17, 15) is 8.78 Å². The molecule has 2 atom stereocenters. The minimum atomic E-state index is -0.633. The van der Waals surface area contributed by atoms with Gasteiger partial charge in [-0.3, -0.25) is 9.88 Å². The Hall–Kier alpha value is -3.72. The maximum atomic E-state index is 15.9. The molecule has 0 N–H and O–H groups in total. The number of ether oxygens (including phenoxy) is 1. The average Bonchev–Trinajstić information content (AvgIpc) is 3.61. The Morgan fingerprint density at radius 1 is 1.07 bits per heavy atom. The SMILES string of the molecule is CC#N.COc1nc(N2CCN(C)CC2)c2cnc(-c3cccc4ccc(F)c(Cl)c34)c(F)c2n1.FC1CC2CCCN2C1. The minimum Gasteiger partial charge on any atom is -0.467 e. The summed E-state index contributed by atoms with van der Waals surface area (Å²) in [6, 6.07) is 10.6. The van der Waals surface area contributed by atoms with Gasteiger partial charge < -0.3 is 14.5 Å². The molecule has 44 heavy (non-hydrogen) atoms. The smallest absolute Gasteiger partial charge is 0.318 e. The van der Waals surface area contributed by atoms with Crippen molar-refractivity contribution in [1.82, 2.24) is 24.8 Å². The molecule has 2 aromatic carbocycles. The summed E-state index contributed by atoms with van der Waals surface area (Å²) >= 11 is 6.26. The second-order valence-corrected chi connectivity index (χ2v) is 11.5. The Kier molecular flexibility index (Phi) is 10.0. The lowest BCUT2D eigenvalue weighted by molar-refractivity contribution is 0.292. The summed E-state index contributed by atoms with van der Waals surface area (Å²) in [6.07, 6.45) is 4.38. The highest BCUT2D eigenvalue weighted by molar-refractivity contribution is 6.36. The number of anilines is 1. The highest BCUT2D eigenvalue weighted by atomic mass is 35.5. The quantitative estimate of drug-likeness (QED) is 0.264. The van der Waals surface area contributed by atoms with Crippen LogP contribution in [0.3, 0.4) is 0 Å². The monoisotopic (exact) mass is 625 g/mol. The maximum Gasteiger partial charge on any atom is 0.318 e. The molecular formula is C32H35ClF3N7O. The Balaban J connectivity index is 0.000000267. The molecule has 0 spiro atoms. The molecule has 0 amide bonds. The Bertz CT molecular complexity index is 1660. The molecule has 3 saturated heterocycles. The molecule has 3 aliphatic heterocycles. The number of nitrogens with zero attached hydrogens (tertiary/aromatic N) is 7. The lowest BCUT2D eigenvalue weighted by Crippen LogP contribution is -2.45. The molecule has 0 saturated carbocycles. The first-order valence-electron chi connectivity index (χ1n) is 14.7. The molecule has 12 heteroatoms. The van der Waals surface area contributed by atoms with E-state index in [0.717, 1.165) is 39.1 Å². The van der Waals surface area contributed by atoms with Gasteiger partial charge in [-0.2, -0.15) is 15.2 Å². The standard InChI is InChI=1S/C23H20ClF2N5O.C7H12FN.C2H3N/c1-30-8-10-31(11-9-30)22-15-12-27-20(19(26)21(15)28-23(29-22)32-2)14-5-3-4-13-6-7-16(25)18(24)17(13)14;8-6-4-7-2-1-3-9(7)5-6;1-2-3/h3-7,12H,8-11H2,1-2H3;6-7H,1-5H2;1H3. The van der Waals surface area contributed by atoms with Gasteiger partial charge in [0, 0.05) is 62.8 Å². The van der Waals surface area contributed by atoms with E-state index in [2.05, 4.69) is 36.7 Å². The van der Waals surface area contributed by atoms with Crippen LogP contribution < -0.4 is 9.64 Å². The van der Waals surface area contributed by atoms with Gasteiger partial charge in [-0.25, -0.2) is 13.2 Å². The third-order valence-corrected chi connectivity index (χ3v) is 8.65. The molecule has 3 aliphatic rings. The highest BCUT2D eigenvalue weighted by Gasteiger charge is 2.34. The summed E-state index contributed by atoms with van der Waals surface area (Å²) in [6.45, 7) is 6.50. The summed E-state index contributed by atoms with van der Waals surface area (Å²) in [5.74, 6) is -0.625. The van der Waals surface area contributed by atoms with E-state index in [-0.39, 0.29) is 22.2 Å². The van der Waals surface area contributed by atoms with Crippen LogP contribution in [0.1, 0.15) is 26.2 Å². The lowest BCUT2D eigenvalue weighted by atomic mass is 10.0. The van der Waals surface area contributed by atoms with Crippen molar-refractivity contribution in [2.45, 2.75) is 38.4 Å². The van der Waals surface area contributed by atoms with Gasteiger partial charge in [0.1, 0.15) is 29.0 Å². The summed E-state index contributed by atoms with van der Waals surface area (Å²) in [5, 5.41) is 8.83. The topological polar surface area (TPSA) is 81.4 Å². The van der Waals surface area contributed by atoms with Gasteiger partial charge in [-0.05, 0) is 44.3 Å². The first-order valence-corrected chi connectivity index (χ1v) is 15.0. The number of aromatic nitrogens is 3. The highest BCUT2D eigenvalue weighted by Crippen LogP contribution is 2.38. The molecule has 0 radical (unpaired) electrons. The van der Waals surface area contributed by atoms with Crippen LogP contribution >= 0.6 is 11.6 Å². The van der Waals surface area contributed by atoms with Crippen LogP contribution in [0.5, 0.6) is 6.01 Å². The molecule has 3 fully saturated rings. The number of fused-ring (bicyclic) bond motifs is 3. The van der Waals surface area contributed by atoms with E-state index in [1.807, 2.05) is 0 Å². The van der Waals surface area contributed by atoms with Crippen molar-refractivity contribution in [2.75, 3.05) is 58.3 Å². The summed E-state index contributed by atoms with van der Waals surface area (Å²) in [5.41, 5.74) is 0.533. The van der Waals surface area contributed by atoms with Gasteiger partial charge in [-0.1, -0.05) is 35.9 Å². The third kappa shape index (κ3) is 6.53. The number of piperazine rings is 1. The van der Waals surface area contributed by atoms with Crippen molar-refractivity contribution in [2.24, 2.45) is 0 Å². The zero-order chi connectivity index (χ0) is 31.4. The third-order valence-electron chi connectivity index (χ3n) is 8.28. The fraction of sp³-hybridized carbons (Fsp3) is 0.438. The van der Waals surface area contributed by atoms with E-state index in [4.69, 9.17) is 21.6 Å². The Morgan fingerprint density at radius 2 is 1.82 bits per heavy atom. The van der Waals surface area contributed by atoms with Gasteiger partial charge in [0.25, 0.3) is 0 Å². The number of hydrogen-bond acceptors (Lipinski definition) is 8. The number of nitriles is 1. The van der Waals surface area contributed by atoms with Crippen molar-refractivity contribution in [1.29, 1.82) is 5.26 Å². The number of likely N-dealkylation sites (N-methyl/N-ethyl adjacent to an activating group) is 1. The molecule has 2 aromatic heterocycles. The summed E-state index contributed by atoms with van der Waals surface area (Å²) in [4.78, 5) is 19.8. The van der Waals surface area contributed by atoms with E-state index >= 15 is 4.39 Å². The van der Waals surface area contributed by atoms with Gasteiger partial charge >= 0.3 is 6.01 Å². The Morgan fingerprint density at radius 3 is 2.52 bits per heavy atom. The van der Waals surface area contributed by atoms with Crippen molar-refractivity contribution < 1.29 is 17.9 Å². The molecule has 0 aliphatic carbocycles. The molecule has 2 unspecified atom stereocenters. The van der Waals surface area contributed by atoms with Crippen LogP contribution in [0.25, 0.3) is 32.9 Å². The first kappa shape index (κ1) is 31.7. The normalized spacial score (nSPS) is 20.0. The number of halogens is 4. The predicted molar refractivity (Wildman–Crippen MR) is 167 cm³/mol. The maximum absolute atomic E-state index is 15.9. The number of pyridine rings is 1. The zero-order valence-electron chi connectivity index (χ0n) is 25.0. The number of methoxy groups -OCH3 is 1. The van der Waals surface area contributed by atoms with Gasteiger partial charge in [-0.15, -0.1) is 0 Å². The summed E-state index contributed by atoms with van der Waals surface area (Å²) < 4.78 is 47.9. The van der Waals surface area contributed by atoms with Crippen LogP contribution in [-0.4, -0.2) is 90.4 Å². The van der Waals surface area contributed by atoms with Crippen molar-refractivity contribution >= 4 is 39.1 Å². The molecule has 4 aromatic rings. The van der Waals surface area contributed by atoms with Crippen molar-refractivity contribution in [3.8, 4) is 23.3 Å². The summed E-state index contributed by atoms with van der Waals surface area (Å²) in [7, 11) is 3.50. The number of rotatable bonds is 3. The average molecular weight is 626 g/mol. The van der Waals surface area contributed by atoms with Crippen molar-refractivity contribution in [3.63, 3.8) is 0 Å². The zero-order valence-corrected chi connectivity index (χ0v) is 25.8. The second-order valence-electron chi connectivity index (χ2n) is 11.1. The van der Waals surface area contributed by atoms with E-state index < -0.39 is 17.8 Å². The van der Waals surface area contributed by atoms with Gasteiger partial charge in [0.05, 0.1) is 23.6 Å².